The van der Waals surface area contributed by atoms with Gasteiger partial charge in [0, 0.05) is 11.3 Å². The second-order valence-corrected chi connectivity index (χ2v) is 4.91. The van der Waals surface area contributed by atoms with Crippen molar-refractivity contribution in [3.63, 3.8) is 0 Å². The first kappa shape index (κ1) is 13.9. The molecule has 72 valence electrons. The molecule has 0 unspecified atom stereocenters. The summed E-state index contributed by atoms with van der Waals surface area (Å²) < 4.78 is 31.8. The van der Waals surface area contributed by atoms with E-state index < -0.39 is 15.4 Å². The van der Waals surface area contributed by atoms with Crippen LogP contribution in [-0.2, 0) is 10.1 Å². The SMILES string of the molecule is CNC1CCC(S(=O)(=O)[O-])CC1.[Na+]. The van der Waals surface area contributed by atoms with Crippen LogP contribution in [0.5, 0.6) is 0 Å². The summed E-state index contributed by atoms with van der Waals surface area (Å²) in [6, 6.07) is 0.392. The Morgan fingerprint density at radius 2 is 1.69 bits per heavy atom. The van der Waals surface area contributed by atoms with E-state index in [1.165, 1.54) is 0 Å². The third-order valence-corrected chi connectivity index (χ3v) is 3.78. The fraction of sp³-hybridized carbons (Fsp3) is 1.00. The van der Waals surface area contributed by atoms with Crippen molar-refractivity contribution in [1.82, 2.24) is 5.32 Å². The van der Waals surface area contributed by atoms with Gasteiger partial charge in [0.25, 0.3) is 0 Å². The molecule has 1 fully saturated rings. The monoisotopic (exact) mass is 215 g/mol. The summed E-state index contributed by atoms with van der Waals surface area (Å²) in [6.45, 7) is 0. The molecular weight excluding hydrogens is 201 g/mol. The summed E-state index contributed by atoms with van der Waals surface area (Å²) in [7, 11) is -2.18. The van der Waals surface area contributed by atoms with Gasteiger partial charge in [-0.25, -0.2) is 8.42 Å². The fourth-order valence-corrected chi connectivity index (χ4v) is 2.49. The maximum absolute atomic E-state index is 10.6. The Labute approximate surface area is 102 Å². The van der Waals surface area contributed by atoms with Gasteiger partial charge in [0.05, 0.1) is 10.1 Å². The van der Waals surface area contributed by atoms with Gasteiger partial charge in [0.1, 0.15) is 0 Å². The predicted octanol–water partition coefficient (Wildman–Crippen LogP) is -2.93. The number of rotatable bonds is 2. The standard InChI is InChI=1S/C7H15NO3S.Na/c1-8-6-2-4-7(5-3-6)12(9,10)11;/h6-8H,2-5H2,1H3,(H,9,10,11);/q;+1/p-1. The Hall–Kier alpha value is 0.870. The van der Waals surface area contributed by atoms with Crippen molar-refractivity contribution < 1.29 is 42.5 Å². The molecule has 0 aromatic carbocycles. The maximum Gasteiger partial charge on any atom is 1.00 e. The quantitative estimate of drug-likeness (QED) is 0.395. The van der Waals surface area contributed by atoms with Gasteiger partial charge >= 0.3 is 29.6 Å². The molecule has 0 amide bonds. The first-order valence-corrected chi connectivity index (χ1v) is 5.63. The summed E-state index contributed by atoms with van der Waals surface area (Å²) in [4.78, 5) is 0. The summed E-state index contributed by atoms with van der Waals surface area (Å²) >= 11 is 0. The van der Waals surface area contributed by atoms with Gasteiger partial charge in [0.2, 0.25) is 0 Å². The van der Waals surface area contributed by atoms with E-state index in [1.54, 1.807) is 0 Å². The summed E-state index contributed by atoms with van der Waals surface area (Å²) in [5, 5.41) is 2.44. The van der Waals surface area contributed by atoms with Crippen LogP contribution in [0, 0.1) is 0 Å². The molecule has 0 aromatic heterocycles. The molecule has 13 heavy (non-hydrogen) atoms. The van der Waals surface area contributed by atoms with Crippen LogP contribution < -0.4 is 34.9 Å². The summed E-state index contributed by atoms with van der Waals surface area (Å²) in [5.41, 5.74) is 0. The molecule has 6 heteroatoms. The van der Waals surface area contributed by atoms with Crippen LogP contribution in [0.2, 0.25) is 0 Å². The van der Waals surface area contributed by atoms with Crippen molar-refractivity contribution in [2.75, 3.05) is 7.05 Å². The van der Waals surface area contributed by atoms with E-state index in [9.17, 15) is 13.0 Å². The van der Waals surface area contributed by atoms with Gasteiger partial charge in [-0.15, -0.1) is 0 Å². The molecule has 1 saturated carbocycles. The number of hydrogen-bond acceptors (Lipinski definition) is 4. The molecule has 4 nitrogen and oxygen atoms in total. The number of hydrogen-bond donors (Lipinski definition) is 1. The van der Waals surface area contributed by atoms with Crippen molar-refractivity contribution in [2.45, 2.75) is 37.0 Å². The van der Waals surface area contributed by atoms with Crippen molar-refractivity contribution in [1.29, 1.82) is 0 Å². The molecule has 0 aliphatic heterocycles. The minimum Gasteiger partial charge on any atom is -0.748 e. The van der Waals surface area contributed by atoms with E-state index >= 15 is 0 Å². The van der Waals surface area contributed by atoms with E-state index in [-0.39, 0.29) is 29.6 Å². The molecule has 1 aliphatic rings. The zero-order valence-corrected chi connectivity index (χ0v) is 10.9. The van der Waals surface area contributed by atoms with Gasteiger partial charge in [-0.05, 0) is 32.7 Å². The third-order valence-electron chi connectivity index (χ3n) is 2.49. The zero-order valence-electron chi connectivity index (χ0n) is 8.12. The molecule has 0 radical (unpaired) electrons. The number of nitrogens with one attached hydrogen (secondary N) is 1. The van der Waals surface area contributed by atoms with Crippen LogP contribution >= 0.6 is 0 Å². The molecule has 0 atom stereocenters. The van der Waals surface area contributed by atoms with Crippen LogP contribution in [0.15, 0.2) is 0 Å². The van der Waals surface area contributed by atoms with Gasteiger partial charge < -0.3 is 9.87 Å². The second kappa shape index (κ2) is 5.68. The Morgan fingerprint density at radius 1 is 1.23 bits per heavy atom. The molecule has 0 saturated heterocycles. The molecule has 1 N–H and O–H groups in total. The average Bonchev–Trinajstić information content (AvgIpc) is 2.03. The Bertz CT molecular complexity index is 234. The minimum absolute atomic E-state index is 0. The molecule has 0 aromatic rings. The van der Waals surface area contributed by atoms with Crippen LogP contribution in [0.1, 0.15) is 25.7 Å². The molecule has 1 aliphatic carbocycles. The van der Waals surface area contributed by atoms with Crippen LogP contribution in [0.25, 0.3) is 0 Å². The molecular formula is C7H14NNaO3S. The van der Waals surface area contributed by atoms with Gasteiger partial charge in [0.15, 0.2) is 0 Å². The van der Waals surface area contributed by atoms with Crippen molar-refractivity contribution in [3.8, 4) is 0 Å². The topological polar surface area (TPSA) is 69.2 Å². The van der Waals surface area contributed by atoms with Gasteiger partial charge in [-0.3, -0.25) is 0 Å². The van der Waals surface area contributed by atoms with Gasteiger partial charge in [-0.1, -0.05) is 0 Å². The van der Waals surface area contributed by atoms with E-state index in [0.717, 1.165) is 12.8 Å². The van der Waals surface area contributed by atoms with E-state index in [1.807, 2.05) is 7.05 Å². The Kier molecular flexibility index (Phi) is 6.06. The first-order valence-electron chi connectivity index (χ1n) is 4.16. The van der Waals surface area contributed by atoms with Crippen molar-refractivity contribution in [3.05, 3.63) is 0 Å². The van der Waals surface area contributed by atoms with Gasteiger partial charge in [-0.2, -0.15) is 0 Å². The second-order valence-electron chi connectivity index (χ2n) is 3.26. The van der Waals surface area contributed by atoms with Crippen LogP contribution in [-0.4, -0.2) is 31.3 Å². The summed E-state index contributed by atoms with van der Waals surface area (Å²) in [5.74, 6) is 0. The Morgan fingerprint density at radius 3 is 2.00 bits per heavy atom. The maximum atomic E-state index is 10.6. The third kappa shape index (κ3) is 4.27. The normalized spacial score (nSPS) is 29.4. The molecule has 0 spiro atoms. The first-order chi connectivity index (χ1) is 5.54. The molecule has 0 bridgehead atoms. The van der Waals surface area contributed by atoms with Crippen molar-refractivity contribution >= 4 is 10.1 Å². The Balaban J connectivity index is 0.00000144. The zero-order chi connectivity index (χ0) is 9.19. The fourth-order valence-electron chi connectivity index (χ4n) is 1.64. The van der Waals surface area contributed by atoms with Crippen molar-refractivity contribution in [2.24, 2.45) is 0 Å². The van der Waals surface area contributed by atoms with E-state index in [4.69, 9.17) is 0 Å². The van der Waals surface area contributed by atoms with Crippen LogP contribution in [0.3, 0.4) is 0 Å². The van der Waals surface area contributed by atoms with E-state index in [2.05, 4.69) is 5.32 Å². The molecule has 0 heterocycles. The largest absolute Gasteiger partial charge is 1.00 e. The smallest absolute Gasteiger partial charge is 0.748 e. The minimum atomic E-state index is -4.04. The molecule has 1 rings (SSSR count). The average molecular weight is 215 g/mol. The van der Waals surface area contributed by atoms with Crippen LogP contribution in [0.4, 0.5) is 0 Å². The van der Waals surface area contributed by atoms with E-state index in [0.29, 0.717) is 18.9 Å². The predicted molar refractivity (Wildman–Crippen MR) is 44.8 cm³/mol. The summed E-state index contributed by atoms with van der Waals surface area (Å²) in [6.07, 6.45) is 2.61.